The number of carboxylic acids is 1. The van der Waals surface area contributed by atoms with Gasteiger partial charge in [0.15, 0.2) is 0 Å². The Hall–Kier alpha value is -1.65. The van der Waals surface area contributed by atoms with Crippen molar-refractivity contribution in [2.24, 2.45) is 5.16 Å². The maximum absolute atomic E-state index is 11.1. The third-order valence-corrected chi connectivity index (χ3v) is 3.03. The minimum atomic E-state index is -0.815. The van der Waals surface area contributed by atoms with E-state index in [0.29, 0.717) is 25.7 Å². The summed E-state index contributed by atoms with van der Waals surface area (Å²) in [4.78, 5) is 26.7. The standard InChI is InChI=1S/C12H15NO4/c14-9-3-1-8(2-4-9)11-7-10(17-13-11)5-6-12(15)16/h1,10H,2-7H2,(H,15,16). The molecular weight excluding hydrogens is 222 g/mol. The lowest BCUT2D eigenvalue weighted by atomic mass is 9.92. The molecule has 0 amide bonds. The predicted octanol–water partition coefficient (Wildman–Crippen LogP) is 1.68. The van der Waals surface area contributed by atoms with Gasteiger partial charge in [0.1, 0.15) is 11.9 Å². The molecule has 1 aliphatic heterocycles. The Bertz CT molecular complexity index is 397. The summed E-state index contributed by atoms with van der Waals surface area (Å²) in [6, 6.07) is 0. The molecule has 5 heteroatoms. The number of hydrogen-bond acceptors (Lipinski definition) is 4. The van der Waals surface area contributed by atoms with Crippen molar-refractivity contribution in [2.75, 3.05) is 0 Å². The molecule has 0 aromatic heterocycles. The van der Waals surface area contributed by atoms with Gasteiger partial charge in [-0.15, -0.1) is 0 Å². The van der Waals surface area contributed by atoms with Crippen LogP contribution in [0.1, 0.15) is 38.5 Å². The smallest absolute Gasteiger partial charge is 0.303 e. The molecule has 2 rings (SSSR count). The zero-order valence-electron chi connectivity index (χ0n) is 9.52. The van der Waals surface area contributed by atoms with Crippen LogP contribution in [0.4, 0.5) is 0 Å². The fourth-order valence-corrected chi connectivity index (χ4v) is 2.03. The molecule has 2 aliphatic rings. The fraction of sp³-hybridized carbons (Fsp3) is 0.583. The molecule has 5 nitrogen and oxygen atoms in total. The van der Waals surface area contributed by atoms with Crippen LogP contribution in [0.15, 0.2) is 16.8 Å². The number of hydrogen-bond donors (Lipinski definition) is 1. The highest BCUT2D eigenvalue weighted by Gasteiger charge is 2.25. The number of ketones is 1. The van der Waals surface area contributed by atoms with Crippen LogP contribution in [-0.4, -0.2) is 28.7 Å². The summed E-state index contributed by atoms with van der Waals surface area (Å²) in [6.45, 7) is 0. The van der Waals surface area contributed by atoms with E-state index in [1.807, 2.05) is 6.08 Å². The average Bonchev–Trinajstić information content (AvgIpc) is 2.76. The Morgan fingerprint density at radius 3 is 3.00 bits per heavy atom. The van der Waals surface area contributed by atoms with E-state index in [4.69, 9.17) is 9.94 Å². The first-order valence-corrected chi connectivity index (χ1v) is 5.80. The van der Waals surface area contributed by atoms with Gasteiger partial charge in [0, 0.05) is 25.7 Å². The van der Waals surface area contributed by atoms with Crippen LogP contribution >= 0.6 is 0 Å². The summed E-state index contributed by atoms with van der Waals surface area (Å²) in [7, 11) is 0. The van der Waals surface area contributed by atoms with Crippen molar-refractivity contribution < 1.29 is 19.5 Å². The highest BCUT2D eigenvalue weighted by atomic mass is 16.6. The summed E-state index contributed by atoms with van der Waals surface area (Å²) in [5.41, 5.74) is 1.97. The second kappa shape index (κ2) is 5.12. The molecule has 1 unspecified atom stereocenters. The van der Waals surface area contributed by atoms with Gasteiger partial charge in [0.25, 0.3) is 0 Å². The second-order valence-electron chi connectivity index (χ2n) is 4.37. The van der Waals surface area contributed by atoms with E-state index in [1.165, 1.54) is 0 Å². The van der Waals surface area contributed by atoms with Gasteiger partial charge in [-0.1, -0.05) is 11.2 Å². The van der Waals surface area contributed by atoms with Crippen molar-refractivity contribution in [3.05, 3.63) is 11.6 Å². The number of carbonyl (C=O) groups excluding carboxylic acids is 1. The van der Waals surface area contributed by atoms with Gasteiger partial charge in [0.2, 0.25) is 0 Å². The molecule has 0 bridgehead atoms. The maximum atomic E-state index is 11.1. The van der Waals surface area contributed by atoms with Crippen LogP contribution in [0.5, 0.6) is 0 Å². The highest BCUT2D eigenvalue weighted by Crippen LogP contribution is 2.24. The van der Waals surface area contributed by atoms with E-state index in [2.05, 4.69) is 5.16 Å². The molecule has 0 spiro atoms. The largest absolute Gasteiger partial charge is 0.481 e. The first kappa shape index (κ1) is 11.8. The Kier molecular flexibility index (Phi) is 3.56. The van der Waals surface area contributed by atoms with E-state index in [9.17, 15) is 9.59 Å². The average molecular weight is 237 g/mol. The molecule has 0 saturated carbocycles. The number of nitrogens with zero attached hydrogens (tertiary/aromatic N) is 1. The van der Waals surface area contributed by atoms with Gasteiger partial charge < -0.3 is 9.94 Å². The summed E-state index contributed by atoms with van der Waals surface area (Å²) >= 11 is 0. The lowest BCUT2D eigenvalue weighted by Gasteiger charge is -2.11. The highest BCUT2D eigenvalue weighted by molar-refractivity contribution is 6.02. The number of allylic oxidation sites excluding steroid dienone is 2. The monoisotopic (exact) mass is 237 g/mol. The van der Waals surface area contributed by atoms with Crippen molar-refractivity contribution in [3.63, 3.8) is 0 Å². The Morgan fingerprint density at radius 1 is 1.53 bits per heavy atom. The summed E-state index contributed by atoms with van der Waals surface area (Å²) in [5, 5.41) is 12.6. The zero-order chi connectivity index (χ0) is 12.3. The molecule has 0 fully saturated rings. The number of rotatable bonds is 4. The van der Waals surface area contributed by atoms with Gasteiger partial charge in [0.05, 0.1) is 5.71 Å². The van der Waals surface area contributed by atoms with Crippen LogP contribution in [0.3, 0.4) is 0 Å². The fourth-order valence-electron chi connectivity index (χ4n) is 2.03. The molecule has 1 N–H and O–H groups in total. The van der Waals surface area contributed by atoms with Gasteiger partial charge in [-0.3, -0.25) is 9.59 Å². The van der Waals surface area contributed by atoms with Crippen LogP contribution in [0.25, 0.3) is 0 Å². The normalized spacial score (nSPS) is 24.0. The Labute approximate surface area is 99.1 Å². The Balaban J connectivity index is 1.85. The number of aliphatic carboxylic acids is 1. The number of carbonyl (C=O) groups is 2. The van der Waals surface area contributed by atoms with Gasteiger partial charge in [-0.25, -0.2) is 0 Å². The lowest BCUT2D eigenvalue weighted by Crippen LogP contribution is -2.13. The molecule has 1 heterocycles. The van der Waals surface area contributed by atoms with E-state index >= 15 is 0 Å². The summed E-state index contributed by atoms with van der Waals surface area (Å²) in [5.74, 6) is -0.555. The van der Waals surface area contributed by atoms with Crippen LogP contribution in [0, 0.1) is 0 Å². The van der Waals surface area contributed by atoms with Gasteiger partial charge in [-0.05, 0) is 18.4 Å². The minimum Gasteiger partial charge on any atom is -0.481 e. The van der Waals surface area contributed by atoms with Gasteiger partial charge >= 0.3 is 5.97 Å². The predicted molar refractivity (Wildman–Crippen MR) is 60.7 cm³/mol. The van der Waals surface area contributed by atoms with Crippen molar-refractivity contribution in [2.45, 2.75) is 44.6 Å². The number of Topliss-reactive ketones (excluding diaryl/α,β-unsaturated/α-hetero) is 1. The number of oxime groups is 1. The SMILES string of the molecule is O=C(O)CCC1CC(C2=CCC(=O)CC2)=NO1. The van der Waals surface area contributed by atoms with Crippen LogP contribution in [0.2, 0.25) is 0 Å². The molecule has 17 heavy (non-hydrogen) atoms. The lowest BCUT2D eigenvalue weighted by molar-refractivity contribution is -0.137. The Morgan fingerprint density at radius 2 is 2.35 bits per heavy atom. The quantitative estimate of drug-likeness (QED) is 0.807. The van der Waals surface area contributed by atoms with E-state index in [-0.39, 0.29) is 18.3 Å². The molecule has 1 atom stereocenters. The second-order valence-corrected chi connectivity index (χ2v) is 4.37. The first-order chi connectivity index (χ1) is 8.15. The molecule has 0 radical (unpaired) electrons. The van der Waals surface area contributed by atoms with Crippen molar-refractivity contribution in [3.8, 4) is 0 Å². The first-order valence-electron chi connectivity index (χ1n) is 5.80. The molecule has 0 aromatic rings. The van der Waals surface area contributed by atoms with E-state index < -0.39 is 5.97 Å². The van der Waals surface area contributed by atoms with Crippen molar-refractivity contribution >= 4 is 17.5 Å². The zero-order valence-corrected chi connectivity index (χ0v) is 9.52. The van der Waals surface area contributed by atoms with E-state index in [1.54, 1.807) is 0 Å². The minimum absolute atomic E-state index is 0.102. The summed E-state index contributed by atoms with van der Waals surface area (Å²) in [6.07, 6.45) is 4.81. The van der Waals surface area contributed by atoms with Crippen LogP contribution in [-0.2, 0) is 14.4 Å². The number of carboxylic acid groups (broad SMARTS) is 1. The maximum Gasteiger partial charge on any atom is 0.303 e. The molecule has 1 aliphatic carbocycles. The topological polar surface area (TPSA) is 76.0 Å². The van der Waals surface area contributed by atoms with Crippen LogP contribution < -0.4 is 0 Å². The third kappa shape index (κ3) is 3.15. The van der Waals surface area contributed by atoms with E-state index in [0.717, 1.165) is 17.7 Å². The van der Waals surface area contributed by atoms with Crippen molar-refractivity contribution in [1.29, 1.82) is 0 Å². The van der Waals surface area contributed by atoms with Crippen molar-refractivity contribution in [1.82, 2.24) is 0 Å². The third-order valence-electron chi connectivity index (χ3n) is 3.03. The molecule has 0 aromatic carbocycles. The molecule has 0 saturated heterocycles. The molecule has 92 valence electrons. The summed E-state index contributed by atoms with van der Waals surface area (Å²) < 4.78 is 0. The van der Waals surface area contributed by atoms with Gasteiger partial charge in [-0.2, -0.15) is 0 Å². The molecular formula is C12H15NO4.